The number of nitrogens with two attached hydrogens (primary N) is 1. The zero-order valence-electron chi connectivity index (χ0n) is 10.9. The normalized spacial score (nSPS) is 28.1. The highest BCUT2D eigenvalue weighted by molar-refractivity contribution is 9.10. The second kappa shape index (κ2) is 5.43. The molecule has 1 aromatic rings. The van der Waals surface area contributed by atoms with Crippen molar-refractivity contribution < 1.29 is 4.79 Å². The van der Waals surface area contributed by atoms with Gasteiger partial charge in [0.15, 0.2) is 5.78 Å². The Bertz CT molecular complexity index is 458. The molecule has 0 amide bonds. The fraction of sp³-hybridized carbons (Fsp3) is 0.533. The molecule has 18 heavy (non-hydrogen) atoms. The van der Waals surface area contributed by atoms with Crippen molar-refractivity contribution in [2.45, 2.75) is 33.1 Å². The van der Waals surface area contributed by atoms with Crippen molar-refractivity contribution in [3.63, 3.8) is 0 Å². The quantitative estimate of drug-likeness (QED) is 0.654. The Morgan fingerprint density at radius 1 is 1.28 bits per heavy atom. The zero-order chi connectivity index (χ0) is 13.3. The average molecular weight is 310 g/mol. The first-order valence-electron chi connectivity index (χ1n) is 6.58. The highest BCUT2D eigenvalue weighted by Crippen LogP contribution is 2.35. The van der Waals surface area contributed by atoms with Crippen molar-refractivity contribution in [1.29, 1.82) is 0 Å². The molecule has 0 spiro atoms. The molecule has 0 heterocycles. The van der Waals surface area contributed by atoms with Crippen LogP contribution in [0.4, 0.5) is 5.69 Å². The highest BCUT2D eigenvalue weighted by Gasteiger charge is 2.29. The number of hydrogen-bond donors (Lipinski definition) is 1. The van der Waals surface area contributed by atoms with Crippen molar-refractivity contribution in [3.05, 3.63) is 28.2 Å². The number of benzene rings is 1. The summed E-state index contributed by atoms with van der Waals surface area (Å²) in [4.78, 5) is 12.5. The zero-order valence-corrected chi connectivity index (χ0v) is 12.5. The Hall–Kier alpha value is -0.830. The lowest BCUT2D eigenvalue weighted by Crippen LogP contribution is -2.26. The Kier molecular flexibility index (Phi) is 4.10. The van der Waals surface area contributed by atoms with Crippen molar-refractivity contribution in [2.75, 3.05) is 5.73 Å². The third-order valence-electron chi connectivity index (χ3n) is 4.25. The van der Waals surface area contributed by atoms with Gasteiger partial charge in [0, 0.05) is 21.6 Å². The lowest BCUT2D eigenvalue weighted by atomic mass is 9.73. The molecule has 0 aromatic heterocycles. The summed E-state index contributed by atoms with van der Waals surface area (Å²) in [5.74, 6) is 1.85. The lowest BCUT2D eigenvalue weighted by Gasteiger charge is -2.31. The monoisotopic (exact) mass is 309 g/mol. The van der Waals surface area contributed by atoms with Gasteiger partial charge in [-0.25, -0.2) is 0 Å². The van der Waals surface area contributed by atoms with E-state index in [9.17, 15) is 4.79 Å². The van der Waals surface area contributed by atoms with Gasteiger partial charge in [0.05, 0.1) is 0 Å². The van der Waals surface area contributed by atoms with Crippen LogP contribution in [-0.2, 0) is 0 Å². The summed E-state index contributed by atoms with van der Waals surface area (Å²) in [6.45, 7) is 4.54. The number of carbonyl (C=O) groups excluding carboxylic acids is 1. The molecule has 0 bridgehead atoms. The van der Waals surface area contributed by atoms with E-state index in [-0.39, 0.29) is 11.7 Å². The van der Waals surface area contributed by atoms with Crippen LogP contribution in [0, 0.1) is 17.8 Å². The van der Waals surface area contributed by atoms with E-state index in [1.54, 1.807) is 6.07 Å². The highest BCUT2D eigenvalue weighted by atomic mass is 79.9. The standard InChI is InChI=1S/C15H20BrNO/c1-9-3-4-11(7-10(9)2)15(18)12-5-6-14(17)13(16)8-12/h5-6,8-11H,3-4,7,17H2,1-2H3. The van der Waals surface area contributed by atoms with E-state index in [2.05, 4.69) is 29.8 Å². The molecule has 0 saturated heterocycles. The summed E-state index contributed by atoms with van der Waals surface area (Å²) in [6, 6.07) is 5.48. The maximum absolute atomic E-state index is 12.5. The number of carbonyl (C=O) groups is 1. The van der Waals surface area contributed by atoms with E-state index in [0.717, 1.165) is 35.2 Å². The minimum absolute atomic E-state index is 0.187. The summed E-state index contributed by atoms with van der Waals surface area (Å²) in [7, 11) is 0. The van der Waals surface area contributed by atoms with Gasteiger partial charge in [-0.1, -0.05) is 13.8 Å². The number of rotatable bonds is 2. The molecular formula is C15H20BrNO. The smallest absolute Gasteiger partial charge is 0.165 e. The maximum atomic E-state index is 12.5. The molecule has 1 aromatic carbocycles. The van der Waals surface area contributed by atoms with Gasteiger partial charge < -0.3 is 5.73 Å². The first-order valence-corrected chi connectivity index (χ1v) is 7.37. The maximum Gasteiger partial charge on any atom is 0.165 e. The van der Waals surface area contributed by atoms with Crippen LogP contribution >= 0.6 is 15.9 Å². The molecule has 2 nitrogen and oxygen atoms in total. The largest absolute Gasteiger partial charge is 0.398 e. The van der Waals surface area contributed by atoms with Crippen LogP contribution in [0.3, 0.4) is 0 Å². The van der Waals surface area contributed by atoms with E-state index in [0.29, 0.717) is 11.6 Å². The van der Waals surface area contributed by atoms with Crippen molar-refractivity contribution >= 4 is 27.4 Å². The van der Waals surface area contributed by atoms with Crippen molar-refractivity contribution in [1.82, 2.24) is 0 Å². The third-order valence-corrected chi connectivity index (χ3v) is 4.94. The summed E-state index contributed by atoms with van der Waals surface area (Å²) < 4.78 is 0.811. The fourth-order valence-corrected chi connectivity index (χ4v) is 3.08. The minimum atomic E-state index is 0.187. The van der Waals surface area contributed by atoms with Crippen LogP contribution in [0.5, 0.6) is 0 Å². The molecule has 98 valence electrons. The van der Waals surface area contributed by atoms with Crippen molar-refractivity contribution in [3.8, 4) is 0 Å². The second-order valence-corrected chi connectivity index (χ2v) is 6.42. The third kappa shape index (κ3) is 2.77. The SMILES string of the molecule is CC1CCC(C(=O)c2ccc(N)c(Br)c2)CC1C. The van der Waals surface area contributed by atoms with Crippen LogP contribution < -0.4 is 5.73 Å². The molecule has 1 fully saturated rings. The number of ketones is 1. The number of anilines is 1. The van der Waals surface area contributed by atoms with E-state index in [1.807, 2.05) is 12.1 Å². The molecule has 1 aliphatic carbocycles. The van der Waals surface area contributed by atoms with E-state index in [4.69, 9.17) is 5.73 Å². The summed E-state index contributed by atoms with van der Waals surface area (Å²) in [6.07, 6.45) is 3.20. The molecular weight excluding hydrogens is 290 g/mol. The van der Waals surface area contributed by atoms with Gasteiger partial charge in [0.1, 0.15) is 0 Å². The van der Waals surface area contributed by atoms with Gasteiger partial charge >= 0.3 is 0 Å². The fourth-order valence-electron chi connectivity index (χ4n) is 2.70. The van der Waals surface area contributed by atoms with Crippen LogP contribution in [0.25, 0.3) is 0 Å². The molecule has 3 heteroatoms. The van der Waals surface area contributed by atoms with E-state index < -0.39 is 0 Å². The van der Waals surface area contributed by atoms with E-state index >= 15 is 0 Å². The second-order valence-electron chi connectivity index (χ2n) is 5.57. The first-order chi connectivity index (χ1) is 8.49. The minimum Gasteiger partial charge on any atom is -0.398 e. The summed E-state index contributed by atoms with van der Waals surface area (Å²) >= 11 is 3.38. The summed E-state index contributed by atoms with van der Waals surface area (Å²) in [5, 5.41) is 0. The number of halogens is 1. The number of hydrogen-bond acceptors (Lipinski definition) is 2. The van der Waals surface area contributed by atoms with Crippen LogP contribution in [0.1, 0.15) is 43.5 Å². The Labute approximate surface area is 117 Å². The Balaban J connectivity index is 2.14. The molecule has 1 saturated carbocycles. The molecule has 1 aliphatic rings. The topological polar surface area (TPSA) is 43.1 Å². The van der Waals surface area contributed by atoms with Gasteiger partial charge in [-0.2, -0.15) is 0 Å². The molecule has 2 rings (SSSR count). The van der Waals surface area contributed by atoms with Crippen LogP contribution in [0.15, 0.2) is 22.7 Å². The Morgan fingerprint density at radius 2 is 2.00 bits per heavy atom. The lowest BCUT2D eigenvalue weighted by molar-refractivity contribution is 0.0837. The number of Topliss-reactive ketones (excluding diaryl/α,β-unsaturated/α-hetero) is 1. The summed E-state index contributed by atoms with van der Waals surface area (Å²) in [5.41, 5.74) is 7.21. The molecule has 0 aliphatic heterocycles. The van der Waals surface area contributed by atoms with Crippen LogP contribution in [-0.4, -0.2) is 5.78 Å². The molecule has 0 radical (unpaired) electrons. The first kappa shape index (κ1) is 13.6. The average Bonchev–Trinajstić information content (AvgIpc) is 2.35. The molecule has 2 N–H and O–H groups in total. The van der Waals surface area contributed by atoms with Gasteiger partial charge in [-0.15, -0.1) is 0 Å². The van der Waals surface area contributed by atoms with Gasteiger partial charge in [-0.3, -0.25) is 4.79 Å². The van der Waals surface area contributed by atoms with Gasteiger partial charge in [0.25, 0.3) is 0 Å². The Morgan fingerprint density at radius 3 is 2.61 bits per heavy atom. The molecule has 3 unspecified atom stereocenters. The molecule has 3 atom stereocenters. The predicted molar refractivity (Wildman–Crippen MR) is 78.6 cm³/mol. The van der Waals surface area contributed by atoms with Gasteiger partial charge in [0.2, 0.25) is 0 Å². The number of nitrogen functional groups attached to an aromatic ring is 1. The van der Waals surface area contributed by atoms with Gasteiger partial charge in [-0.05, 0) is 65.2 Å². The van der Waals surface area contributed by atoms with E-state index in [1.165, 1.54) is 0 Å². The van der Waals surface area contributed by atoms with Crippen molar-refractivity contribution in [2.24, 2.45) is 17.8 Å². The van der Waals surface area contributed by atoms with Crippen LogP contribution in [0.2, 0.25) is 0 Å². The predicted octanol–water partition coefficient (Wildman–Crippen LogP) is 4.29.